The minimum absolute atomic E-state index is 0.241. The molecule has 2 fully saturated rings. The highest BCUT2D eigenvalue weighted by Crippen LogP contribution is 2.30. The highest BCUT2D eigenvalue weighted by molar-refractivity contribution is 5.76. The Bertz CT molecular complexity index is 1520. The Morgan fingerprint density at radius 2 is 0.753 bits per heavy atom. The Labute approximate surface area is 519 Å². The zero-order valence-electron chi connectivity index (χ0n) is 54.6. The fraction of sp³-hybridized carbons (Fsp3) is 0.930. The quantitative estimate of drug-likeness (QED) is 0.0204. The number of hydrogen-bond acceptors (Lipinski definition) is 13. The van der Waals surface area contributed by atoms with Crippen molar-refractivity contribution >= 4 is 5.91 Å². The molecule has 0 aromatic heterocycles. The predicted octanol–water partition coefficient (Wildman–Crippen LogP) is 14.7. The summed E-state index contributed by atoms with van der Waals surface area (Å²) in [5.74, 6) is -0.241. The molecule has 12 unspecified atom stereocenters. The van der Waals surface area contributed by atoms with Gasteiger partial charge >= 0.3 is 0 Å². The molecule has 502 valence electrons. The summed E-state index contributed by atoms with van der Waals surface area (Å²) in [6.07, 6.45) is 53.9. The molecule has 2 aliphatic heterocycles. The third-order valence-electron chi connectivity index (χ3n) is 17.9. The van der Waals surface area contributed by atoms with Crippen LogP contribution >= 0.6 is 0 Å². The smallest absolute Gasteiger partial charge is 0.220 e. The SMILES string of the molecule is CCCCCCCCCCCCCCCCC/C=C/CC/C=C/C(O)C(COC1OC(CO)C(OC2OC(CO)C(O)C(O)C2O)C(O)C1O)NC(=O)CCCCCCCCCCCCCCCCCCCCCCCCCCCCCCCC. The van der Waals surface area contributed by atoms with Crippen LogP contribution < -0.4 is 5.32 Å². The molecule has 2 saturated heterocycles. The fourth-order valence-corrected chi connectivity index (χ4v) is 12.1. The Hall–Kier alpha value is -1.53. The van der Waals surface area contributed by atoms with Crippen molar-refractivity contribution in [3.63, 3.8) is 0 Å². The van der Waals surface area contributed by atoms with Crippen molar-refractivity contribution in [1.29, 1.82) is 0 Å². The van der Waals surface area contributed by atoms with E-state index in [2.05, 4.69) is 31.3 Å². The second-order valence-corrected chi connectivity index (χ2v) is 25.7. The summed E-state index contributed by atoms with van der Waals surface area (Å²) < 4.78 is 22.8. The second kappa shape index (κ2) is 56.5. The zero-order chi connectivity index (χ0) is 61.6. The minimum Gasteiger partial charge on any atom is -0.394 e. The average molecular weight is 1210 g/mol. The van der Waals surface area contributed by atoms with E-state index in [1.165, 1.54) is 263 Å². The van der Waals surface area contributed by atoms with Gasteiger partial charge in [0.25, 0.3) is 0 Å². The largest absolute Gasteiger partial charge is 0.394 e. The molecule has 0 bridgehead atoms. The van der Waals surface area contributed by atoms with E-state index in [1.54, 1.807) is 6.08 Å². The predicted molar refractivity (Wildman–Crippen MR) is 346 cm³/mol. The van der Waals surface area contributed by atoms with Crippen LogP contribution in [-0.2, 0) is 23.7 Å². The van der Waals surface area contributed by atoms with E-state index < -0.39 is 86.8 Å². The summed E-state index contributed by atoms with van der Waals surface area (Å²) in [7, 11) is 0. The van der Waals surface area contributed by atoms with Crippen LogP contribution in [0.2, 0.25) is 0 Å². The lowest BCUT2D eigenvalue weighted by Gasteiger charge is -2.46. The van der Waals surface area contributed by atoms with Crippen LogP contribution in [0.4, 0.5) is 0 Å². The van der Waals surface area contributed by atoms with Gasteiger partial charge in [0.05, 0.1) is 32.0 Å². The van der Waals surface area contributed by atoms with Gasteiger partial charge in [0.1, 0.15) is 48.8 Å². The molecule has 2 rings (SSSR count). The Morgan fingerprint density at radius 3 is 1.15 bits per heavy atom. The first-order valence-electron chi connectivity index (χ1n) is 36.1. The molecule has 0 aromatic rings. The highest BCUT2D eigenvalue weighted by Gasteiger charge is 2.51. The molecular formula is C71H135NO13. The molecule has 85 heavy (non-hydrogen) atoms. The lowest BCUT2D eigenvalue weighted by atomic mass is 9.97. The summed E-state index contributed by atoms with van der Waals surface area (Å²) in [5, 5.41) is 87.4. The van der Waals surface area contributed by atoms with Crippen LogP contribution in [-0.4, -0.2) is 140 Å². The molecule has 14 nitrogen and oxygen atoms in total. The second-order valence-electron chi connectivity index (χ2n) is 25.7. The Kier molecular flexibility index (Phi) is 52.8. The third kappa shape index (κ3) is 40.8. The number of allylic oxidation sites excluding steroid dienone is 3. The molecule has 9 N–H and O–H groups in total. The lowest BCUT2D eigenvalue weighted by molar-refractivity contribution is -0.359. The number of hydrogen-bond donors (Lipinski definition) is 9. The van der Waals surface area contributed by atoms with Crippen LogP contribution in [0.3, 0.4) is 0 Å². The molecule has 0 saturated carbocycles. The zero-order valence-corrected chi connectivity index (χ0v) is 54.6. The van der Waals surface area contributed by atoms with Gasteiger partial charge < -0.3 is 65.1 Å². The van der Waals surface area contributed by atoms with E-state index >= 15 is 0 Å². The highest BCUT2D eigenvalue weighted by atomic mass is 16.7. The normalized spacial score (nSPS) is 23.6. The van der Waals surface area contributed by atoms with Gasteiger partial charge in [-0.25, -0.2) is 0 Å². The van der Waals surface area contributed by atoms with Crippen molar-refractivity contribution in [3.8, 4) is 0 Å². The van der Waals surface area contributed by atoms with Gasteiger partial charge in [-0.05, 0) is 32.1 Å². The van der Waals surface area contributed by atoms with E-state index in [0.717, 1.165) is 32.1 Å². The molecule has 0 spiro atoms. The van der Waals surface area contributed by atoms with Gasteiger partial charge in [0, 0.05) is 6.42 Å². The summed E-state index contributed by atoms with van der Waals surface area (Å²) in [5.41, 5.74) is 0. The number of aliphatic hydroxyl groups excluding tert-OH is 8. The van der Waals surface area contributed by atoms with E-state index in [9.17, 15) is 45.6 Å². The van der Waals surface area contributed by atoms with E-state index in [-0.39, 0.29) is 18.9 Å². The maximum absolute atomic E-state index is 13.3. The van der Waals surface area contributed by atoms with Gasteiger partial charge in [-0.2, -0.15) is 0 Å². The first-order chi connectivity index (χ1) is 41.6. The van der Waals surface area contributed by atoms with Crippen molar-refractivity contribution in [1.82, 2.24) is 5.32 Å². The van der Waals surface area contributed by atoms with Gasteiger partial charge in [-0.15, -0.1) is 0 Å². The van der Waals surface area contributed by atoms with Gasteiger partial charge in [0.15, 0.2) is 12.6 Å². The fourth-order valence-electron chi connectivity index (χ4n) is 12.1. The van der Waals surface area contributed by atoms with Crippen molar-refractivity contribution in [3.05, 3.63) is 24.3 Å². The number of amides is 1. The molecule has 14 heteroatoms. The number of aliphatic hydroxyl groups is 8. The number of unbranched alkanes of at least 4 members (excludes halogenated alkanes) is 45. The molecular weight excluding hydrogens is 1070 g/mol. The first-order valence-corrected chi connectivity index (χ1v) is 36.1. The summed E-state index contributed by atoms with van der Waals surface area (Å²) in [4.78, 5) is 13.3. The van der Waals surface area contributed by atoms with Crippen LogP contribution in [0.1, 0.15) is 328 Å². The maximum Gasteiger partial charge on any atom is 0.220 e. The maximum atomic E-state index is 13.3. The van der Waals surface area contributed by atoms with E-state index in [0.29, 0.717) is 12.8 Å². The lowest BCUT2D eigenvalue weighted by Crippen LogP contribution is -2.65. The summed E-state index contributed by atoms with van der Waals surface area (Å²) in [6.45, 7) is 2.84. The van der Waals surface area contributed by atoms with Crippen LogP contribution in [0.15, 0.2) is 24.3 Å². The molecule has 0 aromatic carbocycles. The Balaban J connectivity index is 1.66. The molecule has 2 aliphatic rings. The van der Waals surface area contributed by atoms with Crippen LogP contribution in [0.25, 0.3) is 0 Å². The number of ether oxygens (including phenoxy) is 4. The summed E-state index contributed by atoms with van der Waals surface area (Å²) >= 11 is 0. The number of carbonyl (C=O) groups is 1. The van der Waals surface area contributed by atoms with Crippen molar-refractivity contribution in [2.45, 2.75) is 402 Å². The monoisotopic (exact) mass is 1210 g/mol. The minimum atomic E-state index is -1.79. The van der Waals surface area contributed by atoms with Crippen LogP contribution in [0, 0.1) is 0 Å². The Morgan fingerprint density at radius 1 is 0.412 bits per heavy atom. The van der Waals surface area contributed by atoms with E-state index in [1.807, 2.05) is 6.08 Å². The van der Waals surface area contributed by atoms with Crippen molar-refractivity contribution < 1.29 is 64.6 Å². The topological polar surface area (TPSA) is 228 Å². The molecule has 1 amide bonds. The van der Waals surface area contributed by atoms with Gasteiger partial charge in [-0.3, -0.25) is 4.79 Å². The number of carbonyl (C=O) groups excluding carboxylic acids is 1. The molecule has 0 aliphatic carbocycles. The van der Waals surface area contributed by atoms with Gasteiger partial charge in [-0.1, -0.05) is 314 Å². The third-order valence-corrected chi connectivity index (χ3v) is 17.9. The number of rotatable bonds is 60. The first kappa shape index (κ1) is 79.6. The molecule has 12 atom stereocenters. The van der Waals surface area contributed by atoms with E-state index in [4.69, 9.17) is 18.9 Å². The molecule has 0 radical (unpaired) electrons. The van der Waals surface area contributed by atoms with Crippen LogP contribution in [0.5, 0.6) is 0 Å². The van der Waals surface area contributed by atoms with Crippen molar-refractivity contribution in [2.75, 3.05) is 19.8 Å². The van der Waals surface area contributed by atoms with Gasteiger partial charge in [0.2, 0.25) is 5.91 Å². The summed E-state index contributed by atoms with van der Waals surface area (Å²) in [6, 6.07) is -0.929. The molecule has 2 heterocycles. The average Bonchev–Trinajstić information content (AvgIpc) is 3.70. The van der Waals surface area contributed by atoms with Crippen molar-refractivity contribution in [2.24, 2.45) is 0 Å². The number of nitrogens with one attached hydrogen (secondary N) is 1. The standard InChI is InChI=1S/C71H135NO13/c1-3-5-7-9-11-13-15-17-19-21-23-25-26-27-28-29-30-31-32-33-35-37-39-41-43-45-47-49-51-53-55-63(76)72-59(60(75)54-52-50-48-46-44-42-40-38-36-34-24-22-20-18-16-14-12-10-8-6-4-2)58-82-70-68(81)66(79)69(62(57-74)84-70)85-71-67(80)65(78)64(77)61(56-73)83-71/h44,46,52,54,59-62,64-71,73-75,77-81H,3-43,45,47-51,53,55-58H2,1-2H3,(H,72,76)/b46-44+,54-52+.